The van der Waals surface area contributed by atoms with Gasteiger partial charge in [-0.2, -0.15) is 0 Å². The lowest BCUT2D eigenvalue weighted by molar-refractivity contribution is -0.143. The summed E-state index contributed by atoms with van der Waals surface area (Å²) in [5.74, 6) is -0.825. The SMILES string of the molecule is CC1CN(C)C(=O)C(CCC(=O)O)N1C. The van der Waals surface area contributed by atoms with Gasteiger partial charge in [-0.05, 0) is 20.4 Å². The summed E-state index contributed by atoms with van der Waals surface area (Å²) in [5, 5.41) is 8.61. The van der Waals surface area contributed by atoms with Gasteiger partial charge in [-0.3, -0.25) is 14.5 Å². The number of carboxylic acid groups (broad SMARTS) is 1. The molecule has 1 N–H and O–H groups in total. The molecular weight excluding hydrogens is 196 g/mol. The Hall–Kier alpha value is -1.10. The predicted molar refractivity (Wildman–Crippen MR) is 55.5 cm³/mol. The molecule has 1 rings (SSSR count). The molecule has 1 heterocycles. The largest absolute Gasteiger partial charge is 0.481 e. The Morgan fingerprint density at radius 2 is 2.13 bits per heavy atom. The highest BCUT2D eigenvalue weighted by molar-refractivity contribution is 5.83. The molecule has 2 unspecified atom stereocenters. The van der Waals surface area contributed by atoms with E-state index in [0.717, 1.165) is 0 Å². The van der Waals surface area contributed by atoms with E-state index >= 15 is 0 Å². The van der Waals surface area contributed by atoms with Crippen molar-refractivity contribution in [1.29, 1.82) is 0 Å². The van der Waals surface area contributed by atoms with E-state index in [0.29, 0.717) is 13.0 Å². The van der Waals surface area contributed by atoms with Crippen molar-refractivity contribution in [1.82, 2.24) is 9.80 Å². The minimum Gasteiger partial charge on any atom is -0.481 e. The van der Waals surface area contributed by atoms with E-state index in [1.165, 1.54) is 0 Å². The van der Waals surface area contributed by atoms with Crippen LogP contribution in [0.15, 0.2) is 0 Å². The number of carbonyl (C=O) groups is 2. The van der Waals surface area contributed by atoms with Crippen LogP contribution in [0.3, 0.4) is 0 Å². The van der Waals surface area contributed by atoms with Gasteiger partial charge in [-0.1, -0.05) is 0 Å². The molecular formula is C10H18N2O3. The fourth-order valence-electron chi connectivity index (χ4n) is 1.94. The summed E-state index contributed by atoms with van der Waals surface area (Å²) in [5.41, 5.74) is 0. The first-order valence-electron chi connectivity index (χ1n) is 5.12. The normalized spacial score (nSPS) is 28.2. The molecule has 1 saturated heterocycles. The van der Waals surface area contributed by atoms with Gasteiger partial charge in [0.25, 0.3) is 0 Å². The highest BCUT2D eigenvalue weighted by atomic mass is 16.4. The van der Waals surface area contributed by atoms with Crippen LogP contribution in [-0.2, 0) is 9.59 Å². The molecule has 5 nitrogen and oxygen atoms in total. The van der Waals surface area contributed by atoms with Crippen molar-refractivity contribution in [3.05, 3.63) is 0 Å². The summed E-state index contributed by atoms with van der Waals surface area (Å²) in [6.07, 6.45) is 0.431. The lowest BCUT2D eigenvalue weighted by Crippen LogP contribution is -2.58. The molecule has 0 aliphatic carbocycles. The van der Waals surface area contributed by atoms with Crippen LogP contribution in [0, 0.1) is 0 Å². The van der Waals surface area contributed by atoms with E-state index in [9.17, 15) is 9.59 Å². The van der Waals surface area contributed by atoms with E-state index in [4.69, 9.17) is 5.11 Å². The Balaban J connectivity index is 2.65. The molecule has 1 amide bonds. The maximum absolute atomic E-state index is 11.8. The molecule has 86 valence electrons. The van der Waals surface area contributed by atoms with E-state index in [1.54, 1.807) is 11.9 Å². The quantitative estimate of drug-likeness (QED) is 0.719. The molecule has 2 atom stereocenters. The number of nitrogens with zero attached hydrogens (tertiary/aromatic N) is 2. The fourth-order valence-corrected chi connectivity index (χ4v) is 1.94. The van der Waals surface area contributed by atoms with E-state index in [1.807, 2.05) is 18.9 Å². The maximum Gasteiger partial charge on any atom is 0.303 e. The third-order valence-electron chi connectivity index (χ3n) is 3.02. The number of carboxylic acids is 1. The number of hydrogen-bond acceptors (Lipinski definition) is 3. The van der Waals surface area contributed by atoms with Crippen molar-refractivity contribution in [3.63, 3.8) is 0 Å². The molecule has 15 heavy (non-hydrogen) atoms. The van der Waals surface area contributed by atoms with Crippen molar-refractivity contribution >= 4 is 11.9 Å². The first-order valence-corrected chi connectivity index (χ1v) is 5.12. The summed E-state index contributed by atoms with van der Waals surface area (Å²) in [7, 11) is 3.64. The van der Waals surface area contributed by atoms with Crippen LogP contribution >= 0.6 is 0 Å². The van der Waals surface area contributed by atoms with Gasteiger partial charge < -0.3 is 10.0 Å². The summed E-state index contributed by atoms with van der Waals surface area (Å²) in [6, 6.07) is 0.00125. The zero-order valence-corrected chi connectivity index (χ0v) is 9.43. The number of likely N-dealkylation sites (N-methyl/N-ethyl adjacent to an activating group) is 2. The first-order chi connectivity index (χ1) is 6.93. The standard InChI is InChI=1S/C10H18N2O3/c1-7-6-11(2)10(15)8(12(7)3)4-5-9(13)14/h7-8H,4-6H2,1-3H3,(H,13,14). The summed E-state index contributed by atoms with van der Waals surface area (Å²) in [4.78, 5) is 25.9. The number of piperazine rings is 1. The van der Waals surface area contributed by atoms with Gasteiger partial charge >= 0.3 is 5.97 Å². The zero-order chi connectivity index (χ0) is 11.6. The third kappa shape index (κ3) is 2.68. The van der Waals surface area contributed by atoms with Gasteiger partial charge in [0, 0.05) is 26.1 Å². The second-order valence-electron chi connectivity index (χ2n) is 4.18. The zero-order valence-electron chi connectivity index (χ0n) is 9.43. The lowest BCUT2D eigenvalue weighted by Gasteiger charge is -2.41. The van der Waals surface area contributed by atoms with Crippen LogP contribution in [0.2, 0.25) is 0 Å². The van der Waals surface area contributed by atoms with E-state index < -0.39 is 5.97 Å². The van der Waals surface area contributed by atoms with Crippen LogP contribution < -0.4 is 0 Å². The Bertz CT molecular complexity index is 267. The molecule has 0 aromatic heterocycles. The Labute approximate surface area is 89.7 Å². The van der Waals surface area contributed by atoms with Crippen molar-refractivity contribution < 1.29 is 14.7 Å². The molecule has 0 bridgehead atoms. The van der Waals surface area contributed by atoms with Crippen molar-refractivity contribution in [2.24, 2.45) is 0 Å². The molecule has 1 fully saturated rings. The number of rotatable bonds is 3. The molecule has 0 saturated carbocycles. The highest BCUT2D eigenvalue weighted by Gasteiger charge is 2.34. The van der Waals surface area contributed by atoms with E-state index in [2.05, 4.69) is 0 Å². The molecule has 1 aliphatic rings. The third-order valence-corrected chi connectivity index (χ3v) is 3.02. The number of hydrogen-bond donors (Lipinski definition) is 1. The highest BCUT2D eigenvalue weighted by Crippen LogP contribution is 2.17. The molecule has 0 radical (unpaired) electrons. The Morgan fingerprint density at radius 3 is 2.67 bits per heavy atom. The molecule has 5 heteroatoms. The number of carbonyl (C=O) groups excluding carboxylic acids is 1. The Morgan fingerprint density at radius 1 is 1.53 bits per heavy atom. The second kappa shape index (κ2) is 4.61. The van der Waals surface area contributed by atoms with Crippen molar-refractivity contribution in [3.8, 4) is 0 Å². The lowest BCUT2D eigenvalue weighted by atomic mass is 10.0. The number of amides is 1. The van der Waals surface area contributed by atoms with Crippen LogP contribution in [0.1, 0.15) is 19.8 Å². The Kier molecular flexibility index (Phi) is 3.68. The van der Waals surface area contributed by atoms with Gasteiger partial charge in [0.1, 0.15) is 0 Å². The van der Waals surface area contributed by atoms with E-state index in [-0.39, 0.29) is 24.4 Å². The van der Waals surface area contributed by atoms with Gasteiger partial charge in [0.2, 0.25) is 5.91 Å². The molecule has 1 aliphatic heterocycles. The smallest absolute Gasteiger partial charge is 0.303 e. The van der Waals surface area contributed by atoms with Crippen LogP contribution in [0.5, 0.6) is 0 Å². The fraction of sp³-hybridized carbons (Fsp3) is 0.800. The van der Waals surface area contributed by atoms with Crippen molar-refractivity contribution in [2.45, 2.75) is 31.8 Å². The van der Waals surface area contributed by atoms with Crippen LogP contribution in [0.25, 0.3) is 0 Å². The number of aliphatic carboxylic acids is 1. The monoisotopic (exact) mass is 214 g/mol. The van der Waals surface area contributed by atoms with Gasteiger partial charge in [-0.15, -0.1) is 0 Å². The minimum absolute atomic E-state index is 0.0249. The summed E-state index contributed by atoms with van der Waals surface area (Å²) < 4.78 is 0. The maximum atomic E-state index is 11.8. The average Bonchev–Trinajstić information content (AvgIpc) is 2.14. The van der Waals surface area contributed by atoms with Crippen LogP contribution in [-0.4, -0.2) is 59.5 Å². The summed E-state index contributed by atoms with van der Waals surface area (Å²) >= 11 is 0. The van der Waals surface area contributed by atoms with Gasteiger partial charge in [0.05, 0.1) is 6.04 Å². The van der Waals surface area contributed by atoms with Crippen LogP contribution in [0.4, 0.5) is 0 Å². The molecule has 0 spiro atoms. The first kappa shape index (κ1) is 12.0. The topological polar surface area (TPSA) is 60.9 Å². The van der Waals surface area contributed by atoms with Crippen molar-refractivity contribution in [2.75, 3.05) is 20.6 Å². The second-order valence-corrected chi connectivity index (χ2v) is 4.18. The summed E-state index contributed by atoms with van der Waals surface area (Å²) in [6.45, 7) is 2.75. The molecule has 0 aromatic carbocycles. The minimum atomic E-state index is -0.850. The van der Waals surface area contributed by atoms with Gasteiger partial charge in [0.15, 0.2) is 0 Å². The molecule has 0 aromatic rings. The van der Waals surface area contributed by atoms with Gasteiger partial charge in [-0.25, -0.2) is 0 Å². The average molecular weight is 214 g/mol. The predicted octanol–water partition coefficient (Wildman–Crippen LogP) is 0.0121.